The van der Waals surface area contributed by atoms with Crippen molar-refractivity contribution in [3.8, 4) is 0 Å². The van der Waals surface area contributed by atoms with Gasteiger partial charge in [0.25, 0.3) is 0 Å². The average Bonchev–Trinajstić information content (AvgIpc) is 2.77. The molecule has 0 saturated carbocycles. The lowest BCUT2D eigenvalue weighted by Gasteiger charge is -2.08. The van der Waals surface area contributed by atoms with E-state index in [4.69, 9.17) is 11.6 Å². The van der Waals surface area contributed by atoms with Crippen molar-refractivity contribution in [2.75, 3.05) is 5.32 Å². The molecule has 0 spiro atoms. The molecule has 5 heteroatoms. The van der Waals surface area contributed by atoms with Gasteiger partial charge in [0.2, 0.25) is 0 Å². The zero-order valence-corrected chi connectivity index (χ0v) is 11.4. The standard InChI is InChI=1S/C14H13ClN4/c1-9-3-4-10(7-12(9)15)18-13-11-5-6-19(2)14(11)17-8-16-13/h3-8H,1-2H3,(H,16,17,18). The van der Waals surface area contributed by atoms with Crippen LogP contribution in [0.3, 0.4) is 0 Å². The minimum atomic E-state index is 0.739. The van der Waals surface area contributed by atoms with Crippen molar-refractivity contribution in [3.05, 3.63) is 47.4 Å². The molecule has 19 heavy (non-hydrogen) atoms. The van der Waals surface area contributed by atoms with E-state index in [1.54, 1.807) is 6.33 Å². The number of nitrogens with zero attached hydrogens (tertiary/aromatic N) is 3. The molecule has 4 nitrogen and oxygen atoms in total. The molecule has 0 amide bonds. The van der Waals surface area contributed by atoms with Gasteiger partial charge in [-0.05, 0) is 30.7 Å². The molecule has 0 aliphatic carbocycles. The second-order valence-electron chi connectivity index (χ2n) is 4.48. The third-order valence-electron chi connectivity index (χ3n) is 3.10. The molecule has 0 fully saturated rings. The quantitative estimate of drug-likeness (QED) is 0.774. The molecule has 3 rings (SSSR count). The summed E-state index contributed by atoms with van der Waals surface area (Å²) in [5, 5.41) is 5.01. The van der Waals surface area contributed by atoms with Gasteiger partial charge in [-0.15, -0.1) is 0 Å². The zero-order chi connectivity index (χ0) is 13.4. The summed E-state index contributed by atoms with van der Waals surface area (Å²) in [4.78, 5) is 8.55. The predicted molar refractivity (Wildman–Crippen MR) is 78.0 cm³/mol. The monoisotopic (exact) mass is 272 g/mol. The molecule has 1 N–H and O–H groups in total. The van der Waals surface area contributed by atoms with E-state index in [0.29, 0.717) is 0 Å². The second-order valence-corrected chi connectivity index (χ2v) is 4.88. The second kappa shape index (κ2) is 4.55. The first-order chi connectivity index (χ1) is 9.15. The molecule has 0 unspecified atom stereocenters. The lowest BCUT2D eigenvalue weighted by Crippen LogP contribution is -1.96. The normalized spacial score (nSPS) is 10.9. The molecule has 2 heterocycles. The third kappa shape index (κ3) is 2.15. The molecule has 2 aromatic heterocycles. The molecule has 0 bridgehead atoms. The highest BCUT2D eigenvalue weighted by molar-refractivity contribution is 6.31. The fraction of sp³-hybridized carbons (Fsp3) is 0.143. The van der Waals surface area contributed by atoms with Gasteiger partial charge in [-0.3, -0.25) is 0 Å². The van der Waals surface area contributed by atoms with E-state index < -0.39 is 0 Å². The maximum absolute atomic E-state index is 6.13. The minimum Gasteiger partial charge on any atom is -0.340 e. The number of nitrogens with one attached hydrogen (secondary N) is 1. The van der Waals surface area contributed by atoms with Crippen molar-refractivity contribution in [2.24, 2.45) is 7.05 Å². The largest absolute Gasteiger partial charge is 0.340 e. The summed E-state index contributed by atoms with van der Waals surface area (Å²) in [6, 6.07) is 7.85. The fourth-order valence-corrected chi connectivity index (χ4v) is 2.17. The van der Waals surface area contributed by atoms with Gasteiger partial charge in [-0.2, -0.15) is 0 Å². The van der Waals surface area contributed by atoms with Crippen LogP contribution in [-0.4, -0.2) is 14.5 Å². The maximum Gasteiger partial charge on any atom is 0.145 e. The molecule has 0 aliphatic heterocycles. The molecule has 96 valence electrons. The van der Waals surface area contributed by atoms with E-state index >= 15 is 0 Å². The summed E-state index contributed by atoms with van der Waals surface area (Å²) < 4.78 is 1.96. The van der Waals surface area contributed by atoms with Crippen molar-refractivity contribution in [2.45, 2.75) is 6.92 Å². The van der Waals surface area contributed by atoms with Crippen LogP contribution in [0.4, 0.5) is 11.5 Å². The van der Waals surface area contributed by atoms with Gasteiger partial charge in [0.15, 0.2) is 0 Å². The number of anilines is 2. The molecule has 1 aromatic carbocycles. The summed E-state index contributed by atoms with van der Waals surface area (Å²) in [7, 11) is 1.96. The topological polar surface area (TPSA) is 42.7 Å². The third-order valence-corrected chi connectivity index (χ3v) is 3.50. The Hall–Kier alpha value is -2.07. The number of benzene rings is 1. The molecule has 0 atom stereocenters. The Balaban J connectivity index is 2.03. The SMILES string of the molecule is Cc1ccc(Nc2ncnc3c2ccn3C)cc1Cl. The molecular weight excluding hydrogens is 260 g/mol. The summed E-state index contributed by atoms with van der Waals surface area (Å²) in [5.41, 5.74) is 2.87. The highest BCUT2D eigenvalue weighted by Gasteiger charge is 2.07. The fourth-order valence-electron chi connectivity index (χ4n) is 1.98. The Kier molecular flexibility index (Phi) is 2.87. The lowest BCUT2D eigenvalue weighted by atomic mass is 10.2. The van der Waals surface area contributed by atoms with Gasteiger partial charge < -0.3 is 9.88 Å². The van der Waals surface area contributed by atoms with Crippen molar-refractivity contribution >= 4 is 34.1 Å². The highest BCUT2D eigenvalue weighted by atomic mass is 35.5. The number of halogens is 1. The molecular formula is C14H13ClN4. The Bertz CT molecular complexity index is 748. The van der Waals surface area contributed by atoms with Crippen molar-refractivity contribution in [3.63, 3.8) is 0 Å². The first kappa shape index (κ1) is 12.0. The van der Waals surface area contributed by atoms with Crippen LogP contribution in [0.5, 0.6) is 0 Å². The Labute approximate surface area is 116 Å². The Morgan fingerprint density at radius 1 is 1.21 bits per heavy atom. The first-order valence-electron chi connectivity index (χ1n) is 5.94. The van der Waals surface area contributed by atoms with Crippen LogP contribution in [0.1, 0.15) is 5.56 Å². The van der Waals surface area contributed by atoms with E-state index in [2.05, 4.69) is 15.3 Å². The summed E-state index contributed by atoms with van der Waals surface area (Å²) >= 11 is 6.13. The molecule has 0 radical (unpaired) electrons. The van der Waals surface area contributed by atoms with Crippen LogP contribution in [0.15, 0.2) is 36.8 Å². The van der Waals surface area contributed by atoms with Crippen LogP contribution in [0.25, 0.3) is 11.0 Å². The van der Waals surface area contributed by atoms with Crippen LogP contribution < -0.4 is 5.32 Å². The van der Waals surface area contributed by atoms with E-state index in [-0.39, 0.29) is 0 Å². The van der Waals surface area contributed by atoms with Gasteiger partial charge in [0.1, 0.15) is 17.8 Å². The summed E-state index contributed by atoms with van der Waals surface area (Å²) in [5.74, 6) is 0.783. The van der Waals surface area contributed by atoms with Crippen LogP contribution >= 0.6 is 11.6 Å². The average molecular weight is 273 g/mol. The molecule has 0 aliphatic rings. The molecule has 3 aromatic rings. The van der Waals surface area contributed by atoms with Crippen LogP contribution in [0, 0.1) is 6.92 Å². The number of hydrogen-bond donors (Lipinski definition) is 1. The van der Waals surface area contributed by atoms with E-state index in [0.717, 1.165) is 33.1 Å². The highest BCUT2D eigenvalue weighted by Crippen LogP contribution is 2.26. The molecule has 0 saturated heterocycles. The Morgan fingerprint density at radius 2 is 2.05 bits per heavy atom. The smallest absolute Gasteiger partial charge is 0.145 e. The van der Waals surface area contributed by atoms with Gasteiger partial charge >= 0.3 is 0 Å². The first-order valence-corrected chi connectivity index (χ1v) is 6.32. The van der Waals surface area contributed by atoms with Crippen LogP contribution in [0.2, 0.25) is 5.02 Å². The van der Waals surface area contributed by atoms with E-state index in [1.807, 2.05) is 49.0 Å². The maximum atomic E-state index is 6.13. The minimum absolute atomic E-state index is 0.739. The predicted octanol–water partition coefficient (Wildman–Crippen LogP) is 3.67. The number of rotatable bonds is 2. The van der Waals surface area contributed by atoms with Gasteiger partial charge in [0.05, 0.1) is 5.39 Å². The lowest BCUT2D eigenvalue weighted by molar-refractivity contribution is 0.944. The number of hydrogen-bond acceptors (Lipinski definition) is 3. The zero-order valence-electron chi connectivity index (χ0n) is 10.7. The van der Waals surface area contributed by atoms with Gasteiger partial charge in [-0.1, -0.05) is 17.7 Å². The summed E-state index contributed by atoms with van der Waals surface area (Å²) in [6.45, 7) is 1.98. The van der Waals surface area contributed by atoms with E-state index in [1.165, 1.54) is 0 Å². The van der Waals surface area contributed by atoms with Gasteiger partial charge in [-0.25, -0.2) is 9.97 Å². The Morgan fingerprint density at radius 3 is 2.84 bits per heavy atom. The summed E-state index contributed by atoms with van der Waals surface area (Å²) in [6.07, 6.45) is 3.52. The van der Waals surface area contributed by atoms with Crippen molar-refractivity contribution in [1.82, 2.24) is 14.5 Å². The van der Waals surface area contributed by atoms with Crippen molar-refractivity contribution < 1.29 is 0 Å². The number of aromatic nitrogens is 3. The number of fused-ring (bicyclic) bond motifs is 1. The van der Waals surface area contributed by atoms with E-state index in [9.17, 15) is 0 Å². The number of aryl methyl sites for hydroxylation is 2. The van der Waals surface area contributed by atoms with Gasteiger partial charge in [0, 0.05) is 24.0 Å². The van der Waals surface area contributed by atoms with Crippen LogP contribution in [-0.2, 0) is 7.05 Å². The van der Waals surface area contributed by atoms with Crippen molar-refractivity contribution in [1.29, 1.82) is 0 Å².